The summed E-state index contributed by atoms with van der Waals surface area (Å²) in [4.78, 5) is 25.8. The summed E-state index contributed by atoms with van der Waals surface area (Å²) in [6, 6.07) is 25.2. The van der Waals surface area contributed by atoms with Crippen LogP contribution in [0.25, 0.3) is 11.1 Å². The topological polar surface area (TPSA) is 66.8 Å². The number of hydrogen-bond donors (Lipinski definition) is 1. The van der Waals surface area contributed by atoms with Crippen molar-refractivity contribution in [3.8, 4) is 16.9 Å². The van der Waals surface area contributed by atoms with Crippen molar-refractivity contribution in [3.63, 3.8) is 0 Å². The fourth-order valence-electron chi connectivity index (χ4n) is 4.86. The molecule has 41 heavy (non-hydrogen) atoms. The van der Waals surface area contributed by atoms with Crippen LogP contribution in [0.5, 0.6) is 5.75 Å². The van der Waals surface area contributed by atoms with Crippen LogP contribution < -0.4 is 9.64 Å². The highest BCUT2D eigenvalue weighted by molar-refractivity contribution is 5.99. The molecule has 4 aromatic carbocycles. The zero-order chi connectivity index (χ0) is 29.6. The summed E-state index contributed by atoms with van der Waals surface area (Å²) < 4.78 is 47.2. The molecule has 0 aromatic heterocycles. The van der Waals surface area contributed by atoms with Gasteiger partial charge in [-0.2, -0.15) is 13.2 Å². The SMILES string of the molecule is COc1ccc(CC(=O)O)cc1-c1ccc(C(F)(F)F)cc1CN(CCc1ccccc1)c1ccccc1C(C)=O. The minimum atomic E-state index is -4.57. The largest absolute Gasteiger partial charge is 0.496 e. The van der Waals surface area contributed by atoms with E-state index in [1.165, 1.54) is 20.1 Å². The monoisotopic (exact) mass is 561 g/mol. The summed E-state index contributed by atoms with van der Waals surface area (Å²) >= 11 is 0. The van der Waals surface area contributed by atoms with Crippen LogP contribution in [0.2, 0.25) is 0 Å². The molecule has 212 valence electrons. The average Bonchev–Trinajstić information content (AvgIpc) is 2.95. The number of rotatable bonds is 11. The van der Waals surface area contributed by atoms with Crippen molar-refractivity contribution < 1.29 is 32.6 Å². The van der Waals surface area contributed by atoms with E-state index in [-0.39, 0.29) is 18.7 Å². The second-order valence-electron chi connectivity index (χ2n) is 9.71. The summed E-state index contributed by atoms with van der Waals surface area (Å²) in [6.45, 7) is 1.95. The second kappa shape index (κ2) is 12.7. The number of halogens is 3. The summed E-state index contributed by atoms with van der Waals surface area (Å²) in [5, 5.41) is 9.31. The van der Waals surface area contributed by atoms with E-state index in [1.54, 1.807) is 42.5 Å². The number of carbonyl (C=O) groups excluding carboxylic acids is 1. The Hall–Kier alpha value is -4.59. The van der Waals surface area contributed by atoms with E-state index in [0.29, 0.717) is 52.2 Å². The maximum Gasteiger partial charge on any atom is 0.416 e. The summed E-state index contributed by atoms with van der Waals surface area (Å²) in [5.74, 6) is -0.778. The van der Waals surface area contributed by atoms with Crippen LogP contribution in [0.3, 0.4) is 0 Å². The zero-order valence-electron chi connectivity index (χ0n) is 22.7. The molecular weight excluding hydrogens is 531 g/mol. The molecule has 0 aliphatic carbocycles. The maximum atomic E-state index is 13.9. The number of para-hydroxylation sites is 1. The van der Waals surface area contributed by atoms with Gasteiger partial charge in [0.1, 0.15) is 5.75 Å². The van der Waals surface area contributed by atoms with Crippen molar-refractivity contribution in [2.75, 3.05) is 18.6 Å². The molecule has 0 fully saturated rings. The van der Waals surface area contributed by atoms with Crippen LogP contribution in [0.4, 0.5) is 18.9 Å². The summed E-state index contributed by atoms with van der Waals surface area (Å²) in [5.41, 5.74) is 3.13. The van der Waals surface area contributed by atoms with Gasteiger partial charge in [-0.15, -0.1) is 0 Å². The number of ether oxygens (including phenoxy) is 1. The molecule has 4 aromatic rings. The second-order valence-corrected chi connectivity index (χ2v) is 9.71. The molecule has 0 aliphatic heterocycles. The van der Waals surface area contributed by atoms with Crippen molar-refractivity contribution in [1.82, 2.24) is 0 Å². The Kier molecular flexibility index (Phi) is 9.12. The highest BCUT2D eigenvalue weighted by atomic mass is 19.4. The normalized spacial score (nSPS) is 11.2. The van der Waals surface area contributed by atoms with Crippen molar-refractivity contribution >= 4 is 17.4 Å². The molecule has 1 N–H and O–H groups in total. The van der Waals surface area contributed by atoms with Crippen molar-refractivity contribution in [2.24, 2.45) is 0 Å². The molecule has 0 unspecified atom stereocenters. The van der Waals surface area contributed by atoms with Crippen LogP contribution in [0, 0.1) is 0 Å². The van der Waals surface area contributed by atoms with Gasteiger partial charge >= 0.3 is 12.1 Å². The molecule has 8 heteroatoms. The quantitative estimate of drug-likeness (QED) is 0.193. The van der Waals surface area contributed by atoms with Gasteiger partial charge in [-0.1, -0.05) is 54.6 Å². The standard InChI is InChI=1S/C33H30F3NO4/c1-22(38)27-10-6-7-11-30(27)37(17-16-23-8-4-3-5-9-23)21-25-20-26(33(34,35)36)13-14-28(25)29-18-24(19-32(39)40)12-15-31(29)41-2/h3-15,18,20H,16-17,19,21H2,1-2H3,(H,39,40). The predicted octanol–water partition coefficient (Wildman–Crippen LogP) is 7.46. The van der Waals surface area contributed by atoms with Gasteiger partial charge in [-0.05, 0) is 72.0 Å². The fourth-order valence-corrected chi connectivity index (χ4v) is 4.86. The molecule has 0 radical (unpaired) electrons. The number of anilines is 1. The molecule has 4 rings (SSSR count). The van der Waals surface area contributed by atoms with Gasteiger partial charge < -0.3 is 14.7 Å². The van der Waals surface area contributed by atoms with E-state index in [1.807, 2.05) is 35.2 Å². The van der Waals surface area contributed by atoms with Gasteiger partial charge in [-0.3, -0.25) is 9.59 Å². The summed E-state index contributed by atoms with van der Waals surface area (Å²) in [6.07, 6.45) is -4.23. The Morgan fingerprint density at radius 1 is 0.854 bits per heavy atom. The number of hydrogen-bond acceptors (Lipinski definition) is 4. The summed E-state index contributed by atoms with van der Waals surface area (Å²) in [7, 11) is 1.45. The maximum absolute atomic E-state index is 13.9. The lowest BCUT2D eigenvalue weighted by Gasteiger charge is -2.28. The van der Waals surface area contributed by atoms with Crippen molar-refractivity contribution in [1.29, 1.82) is 0 Å². The fraction of sp³-hybridized carbons (Fsp3) is 0.212. The molecule has 0 heterocycles. The molecule has 0 amide bonds. The van der Waals surface area contributed by atoms with Crippen LogP contribution in [0.1, 0.15) is 39.5 Å². The number of benzene rings is 4. The number of alkyl halides is 3. The van der Waals surface area contributed by atoms with Crippen LogP contribution in [-0.2, 0) is 30.4 Å². The Balaban J connectivity index is 1.86. The lowest BCUT2D eigenvalue weighted by molar-refractivity contribution is -0.138. The zero-order valence-corrected chi connectivity index (χ0v) is 22.7. The van der Waals surface area contributed by atoms with Gasteiger partial charge in [-0.25, -0.2) is 0 Å². The van der Waals surface area contributed by atoms with Gasteiger partial charge in [0.05, 0.1) is 19.1 Å². The van der Waals surface area contributed by atoms with E-state index in [9.17, 15) is 27.9 Å². The Labute approximate surface area is 236 Å². The van der Waals surface area contributed by atoms with Crippen molar-refractivity contribution in [3.05, 3.63) is 119 Å². The van der Waals surface area contributed by atoms with E-state index < -0.39 is 17.7 Å². The molecule has 0 atom stereocenters. The highest BCUT2D eigenvalue weighted by Gasteiger charge is 2.31. The highest BCUT2D eigenvalue weighted by Crippen LogP contribution is 2.38. The van der Waals surface area contributed by atoms with Crippen LogP contribution >= 0.6 is 0 Å². The Bertz CT molecular complexity index is 1530. The first-order valence-electron chi connectivity index (χ1n) is 13.0. The van der Waals surface area contributed by atoms with Crippen LogP contribution in [-0.4, -0.2) is 30.5 Å². The minimum Gasteiger partial charge on any atom is -0.496 e. The number of aliphatic carboxylic acids is 1. The molecule has 0 spiro atoms. The first-order chi connectivity index (χ1) is 19.6. The average molecular weight is 562 g/mol. The first kappa shape index (κ1) is 29.4. The number of nitrogens with zero attached hydrogens (tertiary/aromatic N) is 1. The number of ketones is 1. The number of methoxy groups -OCH3 is 1. The third-order valence-electron chi connectivity index (χ3n) is 6.84. The molecule has 0 saturated carbocycles. The molecule has 0 saturated heterocycles. The lowest BCUT2D eigenvalue weighted by atomic mass is 9.93. The third-order valence-corrected chi connectivity index (χ3v) is 6.84. The molecular formula is C33H30F3NO4. The number of carboxylic acid groups (broad SMARTS) is 1. The van der Waals surface area contributed by atoms with Gasteiger partial charge in [0.15, 0.2) is 5.78 Å². The van der Waals surface area contributed by atoms with Gasteiger partial charge in [0.25, 0.3) is 0 Å². The minimum absolute atomic E-state index is 0.0582. The van der Waals surface area contributed by atoms with Crippen LogP contribution in [0.15, 0.2) is 91.0 Å². The van der Waals surface area contributed by atoms with Gasteiger partial charge in [0.2, 0.25) is 0 Å². The van der Waals surface area contributed by atoms with E-state index in [4.69, 9.17) is 4.74 Å². The Morgan fingerprint density at radius 3 is 2.22 bits per heavy atom. The number of Topliss-reactive ketones (excluding diaryl/α,β-unsaturated/α-hetero) is 1. The van der Waals surface area contributed by atoms with E-state index in [0.717, 1.165) is 17.7 Å². The number of carboxylic acids is 1. The first-order valence-corrected chi connectivity index (χ1v) is 13.0. The Morgan fingerprint density at radius 2 is 1.56 bits per heavy atom. The smallest absolute Gasteiger partial charge is 0.416 e. The molecule has 0 aliphatic rings. The predicted molar refractivity (Wildman–Crippen MR) is 152 cm³/mol. The third kappa shape index (κ3) is 7.33. The van der Waals surface area contributed by atoms with E-state index in [2.05, 4.69) is 0 Å². The molecule has 0 bridgehead atoms. The van der Waals surface area contributed by atoms with Crippen molar-refractivity contribution in [2.45, 2.75) is 32.5 Å². The molecule has 5 nitrogen and oxygen atoms in total. The lowest BCUT2D eigenvalue weighted by Crippen LogP contribution is -2.27. The number of carbonyl (C=O) groups is 2. The van der Waals surface area contributed by atoms with Gasteiger partial charge in [0, 0.05) is 29.9 Å². The van der Waals surface area contributed by atoms with E-state index >= 15 is 0 Å².